The van der Waals surface area contributed by atoms with Gasteiger partial charge in [-0.1, -0.05) is 24.6 Å². The molecule has 2 aliphatic rings. The van der Waals surface area contributed by atoms with Crippen LogP contribution in [0.4, 0.5) is 5.95 Å². The Morgan fingerprint density at radius 3 is 2.77 bits per heavy atom. The fraction of sp³-hybridized carbons (Fsp3) is 0.542. The number of para-hydroxylation sites is 1. The van der Waals surface area contributed by atoms with Crippen molar-refractivity contribution in [1.82, 2.24) is 20.2 Å². The highest BCUT2D eigenvalue weighted by Crippen LogP contribution is 2.26. The molecule has 1 aromatic heterocycles. The highest BCUT2D eigenvalue weighted by molar-refractivity contribution is 5.78. The van der Waals surface area contributed by atoms with Gasteiger partial charge in [0.2, 0.25) is 5.95 Å². The molecule has 0 bridgehead atoms. The van der Waals surface area contributed by atoms with Gasteiger partial charge in [-0.15, -0.1) is 0 Å². The van der Waals surface area contributed by atoms with E-state index < -0.39 is 0 Å². The van der Waals surface area contributed by atoms with E-state index in [1.54, 1.807) is 0 Å². The van der Waals surface area contributed by atoms with Crippen molar-refractivity contribution < 1.29 is 9.53 Å². The van der Waals surface area contributed by atoms with Gasteiger partial charge in [0.05, 0.1) is 0 Å². The number of aromatic nitrogens is 2. The van der Waals surface area contributed by atoms with Crippen LogP contribution in [0.15, 0.2) is 36.7 Å². The number of piperidine rings is 1. The molecule has 7 heteroatoms. The number of hydrogen-bond donors (Lipinski definition) is 1. The highest BCUT2D eigenvalue weighted by atomic mass is 16.5. The van der Waals surface area contributed by atoms with Gasteiger partial charge in [-0.05, 0) is 43.2 Å². The molecule has 7 nitrogen and oxygen atoms in total. The van der Waals surface area contributed by atoms with Gasteiger partial charge in [-0.25, -0.2) is 9.97 Å². The molecular weight excluding hydrogens is 390 g/mol. The first-order valence-electron chi connectivity index (χ1n) is 11.3. The molecule has 0 spiro atoms. The lowest BCUT2D eigenvalue weighted by atomic mass is 9.87. The van der Waals surface area contributed by atoms with Crippen molar-refractivity contribution in [3.8, 4) is 5.75 Å². The average molecular weight is 424 g/mol. The van der Waals surface area contributed by atoms with E-state index in [0.717, 1.165) is 69.0 Å². The lowest BCUT2D eigenvalue weighted by Crippen LogP contribution is -2.51. The Hall–Kier alpha value is -2.67. The largest absolute Gasteiger partial charge is 0.483 e. The molecule has 1 fully saturated rings. The minimum absolute atomic E-state index is 0.0218. The predicted octanol–water partition coefficient (Wildman–Crippen LogP) is 2.65. The van der Waals surface area contributed by atoms with Gasteiger partial charge in [0.15, 0.2) is 6.61 Å². The van der Waals surface area contributed by atoms with Gasteiger partial charge in [-0.2, -0.15) is 0 Å². The molecule has 4 rings (SSSR count). The second-order valence-corrected chi connectivity index (χ2v) is 8.89. The van der Waals surface area contributed by atoms with Crippen LogP contribution in [-0.4, -0.2) is 60.6 Å². The lowest BCUT2D eigenvalue weighted by Gasteiger charge is -2.39. The number of anilines is 1. The number of carbonyl (C=O) groups excluding carboxylic acids is 1. The average Bonchev–Trinajstić information content (AvgIpc) is 2.77. The predicted molar refractivity (Wildman–Crippen MR) is 121 cm³/mol. The molecule has 0 saturated carbocycles. The van der Waals surface area contributed by atoms with Crippen LogP contribution < -0.4 is 15.0 Å². The molecule has 3 heterocycles. The number of ether oxygens (including phenoxy) is 1. The zero-order valence-corrected chi connectivity index (χ0v) is 18.6. The first-order chi connectivity index (χ1) is 15.1. The number of aryl methyl sites for hydroxylation is 1. The van der Waals surface area contributed by atoms with Crippen molar-refractivity contribution in [2.75, 3.05) is 38.7 Å². The minimum atomic E-state index is -0.0218. The van der Waals surface area contributed by atoms with Crippen LogP contribution in [0.2, 0.25) is 0 Å². The SMILES string of the molecule is CN(C)c1ncc(CN2CC[C@H]3NC(=O)COc4ccccc4CCCC[C@H]3C2)cn1. The Morgan fingerprint density at radius 1 is 1.16 bits per heavy atom. The summed E-state index contributed by atoms with van der Waals surface area (Å²) in [7, 11) is 3.89. The number of fused-ring (bicyclic) bond motifs is 2. The first-order valence-corrected chi connectivity index (χ1v) is 11.3. The summed E-state index contributed by atoms with van der Waals surface area (Å²) in [5, 5.41) is 3.25. The molecule has 166 valence electrons. The summed E-state index contributed by atoms with van der Waals surface area (Å²) in [6.45, 7) is 2.87. The number of carbonyl (C=O) groups is 1. The number of benzene rings is 1. The zero-order chi connectivity index (χ0) is 21.6. The van der Waals surface area contributed by atoms with E-state index in [9.17, 15) is 4.79 Å². The van der Waals surface area contributed by atoms with Crippen molar-refractivity contribution >= 4 is 11.9 Å². The van der Waals surface area contributed by atoms with E-state index in [4.69, 9.17) is 4.74 Å². The summed E-state index contributed by atoms with van der Waals surface area (Å²) in [5.41, 5.74) is 2.32. The van der Waals surface area contributed by atoms with Crippen LogP contribution in [0, 0.1) is 5.92 Å². The molecule has 2 aromatic rings. The van der Waals surface area contributed by atoms with Crippen molar-refractivity contribution in [1.29, 1.82) is 0 Å². The highest BCUT2D eigenvalue weighted by Gasteiger charge is 2.30. The zero-order valence-electron chi connectivity index (χ0n) is 18.6. The Bertz CT molecular complexity index is 871. The Balaban J connectivity index is 1.39. The summed E-state index contributed by atoms with van der Waals surface area (Å²) in [6.07, 6.45) is 9.22. The summed E-state index contributed by atoms with van der Waals surface area (Å²) in [6, 6.07) is 8.29. The van der Waals surface area contributed by atoms with Crippen LogP contribution in [0.5, 0.6) is 5.75 Å². The standard InChI is InChI=1S/C24H33N5O2/c1-28(2)24-25-13-18(14-26-24)15-29-12-11-21-20(16-29)9-4-3-7-19-8-5-6-10-22(19)31-17-23(30)27-21/h5-6,8,10,13-14,20-21H,3-4,7,9,11-12,15-17H2,1-2H3,(H,27,30)/t20-,21+/m0/s1. The van der Waals surface area contributed by atoms with Gasteiger partial charge in [-0.3, -0.25) is 9.69 Å². The topological polar surface area (TPSA) is 70.6 Å². The Labute approximate surface area is 184 Å². The normalized spacial score (nSPS) is 22.7. The summed E-state index contributed by atoms with van der Waals surface area (Å²) in [4.78, 5) is 25.8. The van der Waals surface area contributed by atoms with E-state index >= 15 is 0 Å². The molecule has 0 aliphatic carbocycles. The maximum Gasteiger partial charge on any atom is 0.258 e. The fourth-order valence-corrected chi connectivity index (χ4v) is 4.62. The van der Waals surface area contributed by atoms with E-state index in [2.05, 4.69) is 26.3 Å². The lowest BCUT2D eigenvalue weighted by molar-refractivity contribution is -0.124. The number of hydrogen-bond acceptors (Lipinski definition) is 6. The van der Waals surface area contributed by atoms with E-state index in [1.165, 1.54) is 5.56 Å². The summed E-state index contributed by atoms with van der Waals surface area (Å²) >= 11 is 0. The van der Waals surface area contributed by atoms with Crippen molar-refractivity contribution in [2.45, 2.75) is 44.7 Å². The number of likely N-dealkylation sites (tertiary alicyclic amines) is 1. The van der Waals surface area contributed by atoms with Crippen LogP contribution >= 0.6 is 0 Å². The number of nitrogens with zero attached hydrogens (tertiary/aromatic N) is 4. The van der Waals surface area contributed by atoms with Crippen LogP contribution in [-0.2, 0) is 17.8 Å². The second kappa shape index (κ2) is 10.1. The molecule has 1 N–H and O–H groups in total. The Morgan fingerprint density at radius 2 is 1.97 bits per heavy atom. The number of amides is 1. The van der Waals surface area contributed by atoms with Crippen LogP contribution in [0.25, 0.3) is 0 Å². The van der Waals surface area contributed by atoms with Crippen molar-refractivity contribution in [3.05, 3.63) is 47.8 Å². The molecule has 1 amide bonds. The maximum absolute atomic E-state index is 12.6. The quantitative estimate of drug-likeness (QED) is 0.819. The van der Waals surface area contributed by atoms with Crippen molar-refractivity contribution in [2.24, 2.45) is 5.92 Å². The molecule has 2 aliphatic heterocycles. The van der Waals surface area contributed by atoms with Gasteiger partial charge in [0.1, 0.15) is 5.75 Å². The molecule has 0 radical (unpaired) electrons. The van der Waals surface area contributed by atoms with Crippen LogP contribution in [0.3, 0.4) is 0 Å². The third-order valence-corrected chi connectivity index (χ3v) is 6.26. The smallest absolute Gasteiger partial charge is 0.258 e. The van der Waals surface area contributed by atoms with Gasteiger partial charge >= 0.3 is 0 Å². The Kier molecular flexibility index (Phi) is 7.02. The molecular formula is C24H33N5O2. The fourth-order valence-electron chi connectivity index (χ4n) is 4.62. The molecule has 31 heavy (non-hydrogen) atoms. The van der Waals surface area contributed by atoms with Gasteiger partial charge in [0.25, 0.3) is 5.91 Å². The van der Waals surface area contributed by atoms with Crippen LogP contribution in [0.1, 0.15) is 36.8 Å². The van der Waals surface area contributed by atoms with E-state index in [-0.39, 0.29) is 18.6 Å². The van der Waals surface area contributed by atoms with Gasteiger partial charge in [0, 0.05) is 57.7 Å². The maximum atomic E-state index is 12.6. The number of rotatable bonds is 3. The summed E-state index contributed by atoms with van der Waals surface area (Å²) < 4.78 is 5.84. The van der Waals surface area contributed by atoms with Crippen molar-refractivity contribution in [3.63, 3.8) is 0 Å². The molecule has 2 atom stereocenters. The molecule has 0 unspecified atom stereocenters. The van der Waals surface area contributed by atoms with E-state index in [1.807, 2.05) is 49.6 Å². The van der Waals surface area contributed by atoms with Gasteiger partial charge < -0.3 is 15.0 Å². The first kappa shape index (κ1) is 21.6. The number of nitrogens with one attached hydrogen (secondary N) is 1. The molecule has 1 saturated heterocycles. The third kappa shape index (κ3) is 5.73. The summed E-state index contributed by atoms with van der Waals surface area (Å²) in [5.74, 6) is 2.00. The molecule has 1 aromatic carbocycles. The second-order valence-electron chi connectivity index (χ2n) is 8.89. The monoisotopic (exact) mass is 423 g/mol. The third-order valence-electron chi connectivity index (χ3n) is 6.26. The van der Waals surface area contributed by atoms with E-state index in [0.29, 0.717) is 5.92 Å². The minimum Gasteiger partial charge on any atom is -0.483 e.